The fraction of sp³-hybridized carbons (Fsp3) is 0.650. The average molecular weight is 359 g/mol. The van der Waals surface area contributed by atoms with E-state index in [1.54, 1.807) is 13.8 Å². The van der Waals surface area contributed by atoms with Gasteiger partial charge in [0.15, 0.2) is 7.28 Å². The molecular formula is C20H32BN2O3. The van der Waals surface area contributed by atoms with Gasteiger partial charge in [-0.3, -0.25) is 4.79 Å². The molecule has 6 heteroatoms. The Labute approximate surface area is 158 Å². The van der Waals surface area contributed by atoms with Gasteiger partial charge in [-0.25, -0.2) is 0 Å². The molecule has 1 aliphatic rings. The smallest absolute Gasteiger partial charge is 0.253 e. The van der Waals surface area contributed by atoms with Crippen LogP contribution >= 0.6 is 0 Å². The molecule has 0 aliphatic carbocycles. The summed E-state index contributed by atoms with van der Waals surface area (Å²) in [5, 5.41) is 10.1. The Hall–Kier alpha value is -1.37. The van der Waals surface area contributed by atoms with Gasteiger partial charge in [-0.2, -0.15) is 0 Å². The minimum atomic E-state index is -0.891. The lowest BCUT2D eigenvalue weighted by molar-refractivity contribution is -0.144. The monoisotopic (exact) mass is 359 g/mol. The van der Waals surface area contributed by atoms with E-state index in [1.807, 2.05) is 43.0 Å². The molecule has 0 atom stereocenters. The van der Waals surface area contributed by atoms with Gasteiger partial charge in [-0.15, -0.1) is 0 Å². The molecule has 143 valence electrons. The Kier molecular flexibility index (Phi) is 6.89. The molecule has 1 aromatic carbocycles. The van der Waals surface area contributed by atoms with E-state index in [0.29, 0.717) is 6.61 Å². The summed E-state index contributed by atoms with van der Waals surface area (Å²) in [4.78, 5) is 16.7. The van der Waals surface area contributed by atoms with E-state index in [2.05, 4.69) is 19.2 Å². The highest BCUT2D eigenvalue weighted by Gasteiger charge is 2.35. The third-order valence-electron chi connectivity index (χ3n) is 5.38. The van der Waals surface area contributed by atoms with Crippen molar-refractivity contribution < 1.29 is 14.6 Å². The highest BCUT2D eigenvalue weighted by atomic mass is 16.5. The summed E-state index contributed by atoms with van der Waals surface area (Å²) >= 11 is 0. The van der Waals surface area contributed by atoms with Crippen LogP contribution in [0.2, 0.25) is 6.32 Å². The summed E-state index contributed by atoms with van der Waals surface area (Å²) in [5.74, 6) is 0.111. The normalized spacial score (nSPS) is 16.6. The number of carbonyl (C=O) groups is 1. The molecule has 1 aromatic rings. The summed E-state index contributed by atoms with van der Waals surface area (Å²) in [6.45, 7) is 11.3. The van der Waals surface area contributed by atoms with Gasteiger partial charge < -0.3 is 19.6 Å². The highest BCUT2D eigenvalue weighted by Crippen LogP contribution is 2.24. The second kappa shape index (κ2) is 8.55. The molecule has 2 rings (SSSR count). The lowest BCUT2D eigenvalue weighted by atomic mass is 9.67. The number of ether oxygens (including phenoxy) is 1. The number of piperazine rings is 1. The quantitative estimate of drug-likeness (QED) is 0.591. The number of amides is 1. The Morgan fingerprint density at radius 3 is 2.23 bits per heavy atom. The number of rotatable bonds is 7. The Morgan fingerprint density at radius 1 is 1.12 bits per heavy atom. The molecule has 0 unspecified atom stereocenters. The number of aliphatic hydroxyl groups is 1. The molecule has 1 heterocycles. The van der Waals surface area contributed by atoms with Crippen LogP contribution < -0.4 is 5.46 Å². The Bertz CT molecular complexity index is 588. The van der Waals surface area contributed by atoms with Gasteiger partial charge in [0.2, 0.25) is 0 Å². The Balaban J connectivity index is 1.80. The number of hydrogen-bond donors (Lipinski definition) is 1. The van der Waals surface area contributed by atoms with Crippen LogP contribution in [0.4, 0.5) is 0 Å². The van der Waals surface area contributed by atoms with E-state index in [0.717, 1.165) is 43.5 Å². The first-order valence-corrected chi connectivity index (χ1v) is 9.37. The van der Waals surface area contributed by atoms with E-state index in [1.165, 1.54) is 0 Å². The summed E-state index contributed by atoms with van der Waals surface area (Å²) in [5.41, 5.74) is 0.327. The van der Waals surface area contributed by atoms with Gasteiger partial charge in [0.1, 0.15) is 0 Å². The van der Waals surface area contributed by atoms with Crippen molar-refractivity contribution in [3.8, 4) is 0 Å². The van der Waals surface area contributed by atoms with Crippen LogP contribution in [-0.2, 0) is 4.74 Å². The van der Waals surface area contributed by atoms with E-state index >= 15 is 0 Å². The lowest BCUT2D eigenvalue weighted by Crippen LogP contribution is -2.47. The van der Waals surface area contributed by atoms with Crippen LogP contribution in [0.1, 0.15) is 38.1 Å². The SMILES string of the molecule is CN1CCN(C(=O)c2ccc([B]CCOC(C)(C)C(C)(C)O)cc2)CC1. The molecule has 0 aromatic heterocycles. The maximum atomic E-state index is 12.5. The molecular weight excluding hydrogens is 327 g/mol. The number of carbonyl (C=O) groups excluding carboxylic acids is 1. The summed E-state index contributed by atoms with van der Waals surface area (Å²) < 4.78 is 5.82. The highest BCUT2D eigenvalue weighted by molar-refractivity contribution is 6.53. The maximum Gasteiger partial charge on any atom is 0.253 e. The molecule has 0 spiro atoms. The first-order valence-electron chi connectivity index (χ1n) is 9.37. The van der Waals surface area contributed by atoms with Crippen LogP contribution in [0.25, 0.3) is 0 Å². The van der Waals surface area contributed by atoms with Crippen molar-refractivity contribution >= 4 is 18.6 Å². The zero-order chi connectivity index (χ0) is 19.4. The van der Waals surface area contributed by atoms with Crippen molar-refractivity contribution in [1.29, 1.82) is 0 Å². The molecule has 1 saturated heterocycles. The zero-order valence-corrected chi connectivity index (χ0v) is 16.8. The summed E-state index contributed by atoms with van der Waals surface area (Å²) in [6.07, 6.45) is 0.755. The predicted molar refractivity (Wildman–Crippen MR) is 106 cm³/mol. The second-order valence-electron chi connectivity index (χ2n) is 8.13. The fourth-order valence-electron chi connectivity index (χ4n) is 2.67. The molecule has 0 saturated carbocycles. The third-order valence-corrected chi connectivity index (χ3v) is 5.38. The fourth-order valence-corrected chi connectivity index (χ4v) is 2.67. The van der Waals surface area contributed by atoms with Crippen molar-refractivity contribution in [2.24, 2.45) is 0 Å². The van der Waals surface area contributed by atoms with Gasteiger partial charge in [0, 0.05) is 38.3 Å². The molecule has 1 radical (unpaired) electrons. The van der Waals surface area contributed by atoms with Crippen molar-refractivity contribution in [2.45, 2.75) is 45.2 Å². The standard InChI is InChI=1S/C20H32BN2O3/c1-19(2,25)20(3,4)26-15-10-21-17-8-6-16(7-9-17)18(24)23-13-11-22(5)12-14-23/h6-9,25H,10-15H2,1-5H3. The van der Waals surface area contributed by atoms with E-state index in [-0.39, 0.29) is 5.91 Å². The molecule has 1 N–H and O–H groups in total. The van der Waals surface area contributed by atoms with E-state index in [4.69, 9.17) is 4.74 Å². The maximum absolute atomic E-state index is 12.5. The summed E-state index contributed by atoms with van der Waals surface area (Å²) in [7, 11) is 4.17. The van der Waals surface area contributed by atoms with E-state index < -0.39 is 11.2 Å². The van der Waals surface area contributed by atoms with Crippen LogP contribution in [0, 0.1) is 0 Å². The lowest BCUT2D eigenvalue weighted by Gasteiger charge is -2.37. The Morgan fingerprint density at radius 2 is 1.69 bits per heavy atom. The molecule has 26 heavy (non-hydrogen) atoms. The van der Waals surface area contributed by atoms with Crippen LogP contribution in [0.3, 0.4) is 0 Å². The van der Waals surface area contributed by atoms with Crippen LogP contribution in [-0.4, -0.2) is 79.1 Å². The van der Waals surface area contributed by atoms with Crippen LogP contribution in [0.5, 0.6) is 0 Å². The van der Waals surface area contributed by atoms with E-state index in [9.17, 15) is 9.90 Å². The van der Waals surface area contributed by atoms with Gasteiger partial charge in [-0.1, -0.05) is 36.0 Å². The summed E-state index contributed by atoms with van der Waals surface area (Å²) in [6, 6.07) is 7.75. The largest absolute Gasteiger partial charge is 0.387 e. The minimum Gasteiger partial charge on any atom is -0.387 e. The molecule has 0 bridgehead atoms. The molecule has 1 amide bonds. The first kappa shape index (κ1) is 20.9. The second-order valence-corrected chi connectivity index (χ2v) is 8.13. The zero-order valence-electron chi connectivity index (χ0n) is 16.8. The average Bonchev–Trinajstić information content (AvgIpc) is 2.58. The minimum absolute atomic E-state index is 0.111. The number of benzene rings is 1. The predicted octanol–water partition coefficient (Wildman–Crippen LogP) is 1.39. The van der Waals surface area contributed by atoms with Crippen molar-refractivity contribution in [1.82, 2.24) is 9.80 Å². The first-order chi connectivity index (χ1) is 12.1. The van der Waals surface area contributed by atoms with Gasteiger partial charge in [0.25, 0.3) is 5.91 Å². The van der Waals surface area contributed by atoms with Crippen molar-refractivity contribution in [2.75, 3.05) is 39.8 Å². The van der Waals surface area contributed by atoms with Gasteiger partial charge in [0.05, 0.1) is 11.2 Å². The van der Waals surface area contributed by atoms with Gasteiger partial charge in [-0.05, 0) is 34.7 Å². The topological polar surface area (TPSA) is 53.0 Å². The molecule has 5 nitrogen and oxygen atoms in total. The van der Waals surface area contributed by atoms with Crippen molar-refractivity contribution in [3.05, 3.63) is 29.8 Å². The van der Waals surface area contributed by atoms with Gasteiger partial charge >= 0.3 is 0 Å². The number of nitrogens with zero attached hydrogens (tertiary/aromatic N) is 2. The third kappa shape index (κ3) is 5.56. The number of hydrogen-bond acceptors (Lipinski definition) is 4. The molecule has 1 fully saturated rings. The van der Waals surface area contributed by atoms with Crippen molar-refractivity contribution in [3.63, 3.8) is 0 Å². The number of likely N-dealkylation sites (N-methyl/N-ethyl adjacent to an activating group) is 1. The molecule has 1 aliphatic heterocycles. The van der Waals surface area contributed by atoms with Crippen LogP contribution in [0.15, 0.2) is 24.3 Å².